The Labute approximate surface area is 218 Å². The minimum atomic E-state index is -3.70. The highest BCUT2D eigenvalue weighted by Gasteiger charge is 2.38. The average Bonchev–Trinajstić information content (AvgIpc) is 3.33. The van der Waals surface area contributed by atoms with Gasteiger partial charge in [-0.25, -0.2) is 8.42 Å². The quantitative estimate of drug-likeness (QED) is 0.329. The number of halogens is 1. The second-order valence-corrected chi connectivity index (χ2v) is 12.9. The first-order chi connectivity index (χ1) is 17.0. The molecule has 3 aliphatic rings. The van der Waals surface area contributed by atoms with E-state index < -0.39 is 10.0 Å². The van der Waals surface area contributed by atoms with E-state index in [9.17, 15) is 8.42 Å². The van der Waals surface area contributed by atoms with Gasteiger partial charge in [0.25, 0.3) is 10.0 Å². The summed E-state index contributed by atoms with van der Waals surface area (Å²) in [4.78, 5) is 0.272. The number of hydrogen-bond donors (Lipinski definition) is 2. The first-order valence-electron chi connectivity index (χ1n) is 11.7. The van der Waals surface area contributed by atoms with Crippen LogP contribution < -0.4 is 14.8 Å². The number of ether oxygens (including phenoxy) is 1. The van der Waals surface area contributed by atoms with Crippen molar-refractivity contribution in [1.82, 2.24) is 0 Å². The Morgan fingerprint density at radius 1 is 1.00 bits per heavy atom. The van der Waals surface area contributed by atoms with Gasteiger partial charge in [-0.05, 0) is 78.1 Å². The molecular weight excluding hydrogens is 544 g/mol. The molecule has 2 heterocycles. The zero-order valence-electron chi connectivity index (χ0n) is 18.9. The van der Waals surface area contributed by atoms with Gasteiger partial charge in [0.2, 0.25) is 0 Å². The summed E-state index contributed by atoms with van der Waals surface area (Å²) in [6.07, 6.45) is 5.72. The van der Waals surface area contributed by atoms with Crippen molar-refractivity contribution in [3.05, 3.63) is 94.5 Å². The summed E-state index contributed by atoms with van der Waals surface area (Å²) < 4.78 is 35.8. The average molecular weight is 570 g/mol. The number of allylic oxidation sites excluding steroid dienone is 2. The molecule has 1 aliphatic carbocycles. The highest BCUT2D eigenvalue weighted by atomic mass is 79.9. The highest BCUT2D eigenvalue weighted by Crippen LogP contribution is 2.50. The molecule has 3 aromatic rings. The predicted molar refractivity (Wildman–Crippen MR) is 146 cm³/mol. The van der Waals surface area contributed by atoms with Crippen LogP contribution in [-0.2, 0) is 10.0 Å². The maximum Gasteiger partial charge on any atom is 0.261 e. The normalized spacial score (nSPS) is 23.1. The van der Waals surface area contributed by atoms with Crippen LogP contribution in [0.4, 0.5) is 11.4 Å². The zero-order chi connectivity index (χ0) is 24.0. The first-order valence-corrected chi connectivity index (χ1v) is 15.1. The number of thioether (sulfide) groups is 1. The largest absolute Gasteiger partial charge is 0.489 e. The topological polar surface area (TPSA) is 67.4 Å². The fourth-order valence-electron chi connectivity index (χ4n) is 5.03. The fourth-order valence-corrected chi connectivity index (χ4v) is 6.95. The Bertz CT molecular complexity index is 1370. The minimum absolute atomic E-state index is 0.152. The smallest absolute Gasteiger partial charge is 0.261 e. The second kappa shape index (κ2) is 9.22. The van der Waals surface area contributed by atoms with Crippen LogP contribution in [-0.4, -0.2) is 26.0 Å². The Hall–Kier alpha value is -2.42. The van der Waals surface area contributed by atoms with Crippen LogP contribution in [0.3, 0.4) is 0 Å². The Kier molecular flexibility index (Phi) is 6.06. The molecule has 0 amide bonds. The van der Waals surface area contributed by atoms with Crippen molar-refractivity contribution in [2.45, 2.75) is 29.4 Å². The maximum atomic E-state index is 13.1. The van der Waals surface area contributed by atoms with E-state index in [-0.39, 0.29) is 16.9 Å². The van der Waals surface area contributed by atoms with E-state index in [1.54, 1.807) is 18.2 Å². The summed E-state index contributed by atoms with van der Waals surface area (Å²) in [7, 11) is -3.70. The molecule has 1 saturated heterocycles. The maximum absolute atomic E-state index is 13.1. The van der Waals surface area contributed by atoms with Crippen LogP contribution in [0.2, 0.25) is 0 Å². The van der Waals surface area contributed by atoms with Gasteiger partial charge in [-0.2, -0.15) is 11.8 Å². The van der Waals surface area contributed by atoms with Crippen molar-refractivity contribution in [1.29, 1.82) is 0 Å². The molecular formula is C27H25BrN2O3S2. The molecule has 6 rings (SSSR count). The SMILES string of the molecule is O=S(=O)(Nc1ccc(Br)cc1)c1ccc2c(c1)[C@H]1C=CC[C@H]1[C@@H](c1ccc(OC3CSC3)cc1)N2. The van der Waals surface area contributed by atoms with E-state index in [2.05, 4.69) is 62.4 Å². The van der Waals surface area contributed by atoms with E-state index in [4.69, 9.17) is 4.74 Å². The molecule has 5 nitrogen and oxygen atoms in total. The standard InChI is InChI=1S/C27H25BrN2O3S2/c28-18-6-8-19(9-7-18)30-35(31,32)22-12-13-26-25(14-22)23-2-1-3-24(23)27(29-26)17-4-10-20(11-5-17)33-21-15-34-16-21/h1-2,4-14,21,23-24,27,29-30H,3,15-16H2/t23-,24+,27+/m0/s1. The number of anilines is 2. The summed E-state index contributed by atoms with van der Waals surface area (Å²) in [5.74, 6) is 3.55. The zero-order valence-corrected chi connectivity index (χ0v) is 22.1. The van der Waals surface area contributed by atoms with E-state index >= 15 is 0 Å². The Morgan fingerprint density at radius 3 is 2.49 bits per heavy atom. The van der Waals surface area contributed by atoms with Crippen molar-refractivity contribution in [3.8, 4) is 5.75 Å². The third-order valence-corrected chi connectivity index (χ3v) is 10.0. The van der Waals surface area contributed by atoms with E-state index in [1.165, 1.54) is 5.56 Å². The van der Waals surface area contributed by atoms with E-state index in [0.717, 1.165) is 39.4 Å². The molecule has 0 spiro atoms. The predicted octanol–water partition coefficient (Wildman–Crippen LogP) is 6.57. The number of fused-ring (bicyclic) bond motifs is 3. The van der Waals surface area contributed by atoms with Gasteiger partial charge in [0.15, 0.2) is 0 Å². The lowest BCUT2D eigenvalue weighted by molar-refractivity contribution is 0.240. The summed E-state index contributed by atoms with van der Waals surface area (Å²) in [6.45, 7) is 0. The first kappa shape index (κ1) is 23.0. The van der Waals surface area contributed by atoms with Gasteiger partial charge in [0, 0.05) is 33.3 Å². The number of nitrogens with one attached hydrogen (secondary N) is 2. The lowest BCUT2D eigenvalue weighted by Gasteiger charge is -2.37. The fraction of sp³-hybridized carbons (Fsp3) is 0.259. The van der Waals surface area contributed by atoms with Gasteiger partial charge in [0.05, 0.1) is 10.9 Å². The van der Waals surface area contributed by atoms with Gasteiger partial charge in [0.1, 0.15) is 11.9 Å². The van der Waals surface area contributed by atoms with Crippen LogP contribution in [0.5, 0.6) is 5.75 Å². The molecule has 180 valence electrons. The van der Waals surface area contributed by atoms with Crippen molar-refractivity contribution >= 4 is 49.1 Å². The third kappa shape index (κ3) is 4.59. The van der Waals surface area contributed by atoms with Crippen LogP contribution in [0.1, 0.15) is 29.5 Å². The lowest BCUT2D eigenvalue weighted by Crippen LogP contribution is -2.31. The third-order valence-electron chi connectivity index (χ3n) is 6.89. The molecule has 1 fully saturated rings. The number of rotatable bonds is 6. The van der Waals surface area contributed by atoms with Crippen molar-refractivity contribution in [2.24, 2.45) is 5.92 Å². The molecule has 0 aromatic heterocycles. The monoisotopic (exact) mass is 568 g/mol. The molecule has 0 saturated carbocycles. The summed E-state index contributed by atoms with van der Waals surface area (Å²) in [5, 5.41) is 3.70. The molecule has 35 heavy (non-hydrogen) atoms. The molecule has 3 aromatic carbocycles. The van der Waals surface area contributed by atoms with Crippen LogP contribution >= 0.6 is 27.7 Å². The molecule has 0 bridgehead atoms. The van der Waals surface area contributed by atoms with Crippen molar-refractivity contribution in [2.75, 3.05) is 21.5 Å². The van der Waals surface area contributed by atoms with Crippen molar-refractivity contribution in [3.63, 3.8) is 0 Å². The highest BCUT2D eigenvalue weighted by molar-refractivity contribution is 9.10. The van der Waals surface area contributed by atoms with Gasteiger partial charge in [-0.1, -0.05) is 40.2 Å². The van der Waals surface area contributed by atoms with E-state index in [1.807, 2.05) is 36.0 Å². The van der Waals surface area contributed by atoms with Gasteiger partial charge < -0.3 is 10.1 Å². The number of hydrogen-bond acceptors (Lipinski definition) is 5. The Balaban J connectivity index is 1.26. The molecule has 2 aliphatic heterocycles. The number of sulfonamides is 1. The second-order valence-electron chi connectivity index (χ2n) is 9.18. The molecule has 8 heteroatoms. The molecule has 3 atom stereocenters. The van der Waals surface area contributed by atoms with Crippen molar-refractivity contribution < 1.29 is 13.2 Å². The van der Waals surface area contributed by atoms with E-state index in [0.29, 0.717) is 17.7 Å². The van der Waals surface area contributed by atoms with Gasteiger partial charge in [-0.15, -0.1) is 0 Å². The van der Waals surface area contributed by atoms with Crippen LogP contribution in [0.15, 0.2) is 88.3 Å². The van der Waals surface area contributed by atoms with Gasteiger partial charge >= 0.3 is 0 Å². The molecule has 0 unspecified atom stereocenters. The summed E-state index contributed by atoms with van der Waals surface area (Å²) >= 11 is 5.29. The number of benzene rings is 3. The Morgan fingerprint density at radius 2 is 1.77 bits per heavy atom. The molecule has 2 N–H and O–H groups in total. The summed E-state index contributed by atoms with van der Waals surface area (Å²) in [5.41, 5.74) is 3.77. The summed E-state index contributed by atoms with van der Waals surface area (Å²) in [6, 6.07) is 21.1. The minimum Gasteiger partial charge on any atom is -0.489 e. The molecule has 0 radical (unpaired) electrons. The van der Waals surface area contributed by atoms with Gasteiger partial charge in [-0.3, -0.25) is 4.72 Å². The van der Waals surface area contributed by atoms with Crippen LogP contribution in [0.25, 0.3) is 0 Å². The van der Waals surface area contributed by atoms with Crippen LogP contribution in [0, 0.1) is 5.92 Å². The lowest BCUT2D eigenvalue weighted by atomic mass is 9.77.